The molecular weight excluding hydrogens is 276 g/mol. The summed E-state index contributed by atoms with van der Waals surface area (Å²) < 4.78 is 23.3. The molecule has 6 nitrogen and oxygen atoms in total. The zero-order chi connectivity index (χ0) is 14.6. The van der Waals surface area contributed by atoms with E-state index in [0.29, 0.717) is 12.2 Å². The maximum Gasteiger partial charge on any atom is 0.240 e. The van der Waals surface area contributed by atoms with Gasteiger partial charge in [-0.25, -0.2) is 13.6 Å². The first-order valence-electron chi connectivity index (χ1n) is 6.81. The van der Waals surface area contributed by atoms with Gasteiger partial charge in [0.15, 0.2) is 0 Å². The summed E-state index contributed by atoms with van der Waals surface area (Å²) in [5.74, 6) is 0. The SMILES string of the molecule is NCCN1CCCN(c2ccccc2S(N)(=O)=O)CC1. The Bertz CT molecular complexity index is 547. The molecule has 1 fully saturated rings. The highest BCUT2D eigenvalue weighted by atomic mass is 32.2. The van der Waals surface area contributed by atoms with Crippen molar-refractivity contribution in [2.24, 2.45) is 10.9 Å². The highest BCUT2D eigenvalue weighted by Gasteiger charge is 2.20. The molecule has 0 spiro atoms. The lowest BCUT2D eigenvalue weighted by Gasteiger charge is -2.25. The summed E-state index contributed by atoms with van der Waals surface area (Å²) in [4.78, 5) is 4.60. The maximum atomic E-state index is 11.7. The monoisotopic (exact) mass is 298 g/mol. The topological polar surface area (TPSA) is 92.7 Å². The lowest BCUT2D eigenvalue weighted by atomic mass is 10.2. The van der Waals surface area contributed by atoms with E-state index in [1.165, 1.54) is 0 Å². The van der Waals surface area contributed by atoms with Gasteiger partial charge in [-0.2, -0.15) is 0 Å². The van der Waals surface area contributed by atoms with E-state index in [1.807, 2.05) is 12.1 Å². The molecule has 7 heteroatoms. The molecule has 0 atom stereocenters. The molecule has 1 aliphatic heterocycles. The van der Waals surface area contributed by atoms with Gasteiger partial charge >= 0.3 is 0 Å². The molecule has 0 amide bonds. The fourth-order valence-electron chi connectivity index (χ4n) is 2.58. The van der Waals surface area contributed by atoms with Gasteiger partial charge in [0.2, 0.25) is 10.0 Å². The van der Waals surface area contributed by atoms with Crippen LogP contribution in [0.4, 0.5) is 5.69 Å². The summed E-state index contributed by atoms with van der Waals surface area (Å²) in [6, 6.07) is 6.92. The fraction of sp³-hybridized carbons (Fsp3) is 0.538. The highest BCUT2D eigenvalue weighted by molar-refractivity contribution is 7.89. The first kappa shape index (κ1) is 15.2. The van der Waals surface area contributed by atoms with Crippen molar-refractivity contribution in [1.82, 2.24) is 4.90 Å². The fourth-order valence-corrected chi connectivity index (χ4v) is 3.33. The molecule has 0 bridgehead atoms. The van der Waals surface area contributed by atoms with Crippen molar-refractivity contribution in [3.05, 3.63) is 24.3 Å². The van der Waals surface area contributed by atoms with Crippen molar-refractivity contribution in [3.8, 4) is 0 Å². The Morgan fingerprint density at radius 2 is 1.85 bits per heavy atom. The van der Waals surface area contributed by atoms with E-state index in [9.17, 15) is 8.42 Å². The lowest BCUT2D eigenvalue weighted by molar-refractivity contribution is 0.302. The van der Waals surface area contributed by atoms with E-state index in [1.54, 1.807) is 12.1 Å². The minimum Gasteiger partial charge on any atom is -0.369 e. The van der Waals surface area contributed by atoms with Gasteiger partial charge < -0.3 is 15.5 Å². The van der Waals surface area contributed by atoms with Gasteiger partial charge in [0.05, 0.1) is 5.69 Å². The molecule has 20 heavy (non-hydrogen) atoms. The summed E-state index contributed by atoms with van der Waals surface area (Å²) in [6.45, 7) is 5.01. The van der Waals surface area contributed by atoms with Crippen LogP contribution < -0.4 is 15.8 Å². The summed E-state index contributed by atoms with van der Waals surface area (Å²) in [5.41, 5.74) is 6.28. The van der Waals surface area contributed by atoms with Crippen LogP contribution in [0, 0.1) is 0 Å². The van der Waals surface area contributed by atoms with Gasteiger partial charge in [0.1, 0.15) is 4.90 Å². The van der Waals surface area contributed by atoms with E-state index in [-0.39, 0.29) is 4.90 Å². The van der Waals surface area contributed by atoms with Crippen molar-refractivity contribution >= 4 is 15.7 Å². The smallest absolute Gasteiger partial charge is 0.240 e. The number of rotatable bonds is 4. The molecule has 1 aromatic rings. The Morgan fingerprint density at radius 3 is 2.55 bits per heavy atom. The van der Waals surface area contributed by atoms with Crippen molar-refractivity contribution in [2.75, 3.05) is 44.2 Å². The van der Waals surface area contributed by atoms with Crippen LogP contribution in [0.1, 0.15) is 6.42 Å². The molecule has 1 aromatic carbocycles. The van der Waals surface area contributed by atoms with Gasteiger partial charge in [-0.05, 0) is 25.1 Å². The Kier molecular flexibility index (Phi) is 4.98. The minimum absolute atomic E-state index is 0.201. The molecule has 0 unspecified atom stereocenters. The Hall–Kier alpha value is -1.15. The maximum absolute atomic E-state index is 11.7. The van der Waals surface area contributed by atoms with Gasteiger partial charge in [-0.3, -0.25) is 0 Å². The van der Waals surface area contributed by atoms with Crippen LogP contribution in [0.5, 0.6) is 0 Å². The Morgan fingerprint density at radius 1 is 1.10 bits per heavy atom. The van der Waals surface area contributed by atoms with Crippen LogP contribution in [0.3, 0.4) is 0 Å². The molecule has 0 saturated carbocycles. The second kappa shape index (κ2) is 6.53. The number of sulfonamides is 1. The van der Waals surface area contributed by atoms with Crippen LogP contribution in [-0.2, 0) is 10.0 Å². The average molecular weight is 298 g/mol. The molecule has 4 N–H and O–H groups in total. The molecule has 0 aliphatic carbocycles. The molecule has 112 valence electrons. The Balaban J connectivity index is 2.20. The number of hydrogen-bond donors (Lipinski definition) is 2. The third-order valence-electron chi connectivity index (χ3n) is 3.55. The first-order valence-corrected chi connectivity index (χ1v) is 8.36. The van der Waals surface area contributed by atoms with E-state index >= 15 is 0 Å². The third kappa shape index (κ3) is 3.69. The van der Waals surface area contributed by atoms with Crippen LogP contribution >= 0.6 is 0 Å². The largest absolute Gasteiger partial charge is 0.369 e. The number of hydrogen-bond acceptors (Lipinski definition) is 5. The number of nitrogens with zero attached hydrogens (tertiary/aromatic N) is 2. The lowest BCUT2D eigenvalue weighted by Crippen LogP contribution is -2.34. The first-order chi connectivity index (χ1) is 9.52. The molecular formula is C13H22N4O2S. The zero-order valence-corrected chi connectivity index (χ0v) is 12.3. The number of para-hydroxylation sites is 1. The number of benzene rings is 1. The minimum atomic E-state index is -3.69. The van der Waals surface area contributed by atoms with Gasteiger partial charge in [0, 0.05) is 32.7 Å². The number of anilines is 1. The summed E-state index contributed by atoms with van der Waals surface area (Å²) in [5, 5.41) is 5.30. The molecule has 1 saturated heterocycles. The number of nitrogens with two attached hydrogens (primary N) is 2. The standard InChI is InChI=1S/C13H22N4O2S/c14-6-9-16-7-3-8-17(11-10-16)12-4-1-2-5-13(12)20(15,18)19/h1-2,4-5H,3,6-11,14H2,(H2,15,18,19). The van der Waals surface area contributed by atoms with Gasteiger partial charge in [-0.15, -0.1) is 0 Å². The molecule has 1 heterocycles. The molecule has 1 aliphatic rings. The molecule has 0 aromatic heterocycles. The predicted molar refractivity (Wildman–Crippen MR) is 80.1 cm³/mol. The van der Waals surface area contributed by atoms with E-state index in [0.717, 1.165) is 39.1 Å². The molecule has 0 radical (unpaired) electrons. The quantitative estimate of drug-likeness (QED) is 0.803. The zero-order valence-electron chi connectivity index (χ0n) is 11.5. The second-order valence-electron chi connectivity index (χ2n) is 4.98. The van der Waals surface area contributed by atoms with Crippen LogP contribution in [0.2, 0.25) is 0 Å². The van der Waals surface area contributed by atoms with Crippen molar-refractivity contribution < 1.29 is 8.42 Å². The summed E-state index contributed by atoms with van der Waals surface area (Å²) >= 11 is 0. The second-order valence-corrected chi connectivity index (χ2v) is 6.51. The van der Waals surface area contributed by atoms with E-state index in [2.05, 4.69) is 9.80 Å². The van der Waals surface area contributed by atoms with E-state index in [4.69, 9.17) is 10.9 Å². The Labute approximate surface area is 120 Å². The molecule has 2 rings (SSSR count). The van der Waals surface area contributed by atoms with Crippen LogP contribution in [0.25, 0.3) is 0 Å². The third-order valence-corrected chi connectivity index (χ3v) is 4.50. The van der Waals surface area contributed by atoms with Crippen LogP contribution in [-0.4, -0.2) is 52.6 Å². The van der Waals surface area contributed by atoms with E-state index < -0.39 is 10.0 Å². The summed E-state index contributed by atoms with van der Waals surface area (Å²) in [6.07, 6.45) is 0.985. The van der Waals surface area contributed by atoms with Crippen LogP contribution in [0.15, 0.2) is 29.2 Å². The highest BCUT2D eigenvalue weighted by Crippen LogP contribution is 2.24. The van der Waals surface area contributed by atoms with Gasteiger partial charge in [0.25, 0.3) is 0 Å². The van der Waals surface area contributed by atoms with Crippen molar-refractivity contribution in [2.45, 2.75) is 11.3 Å². The summed E-state index contributed by atoms with van der Waals surface area (Å²) in [7, 11) is -3.69. The van der Waals surface area contributed by atoms with Crippen molar-refractivity contribution in [3.63, 3.8) is 0 Å². The average Bonchev–Trinajstić information content (AvgIpc) is 2.64. The normalized spacial score (nSPS) is 18.0. The van der Waals surface area contributed by atoms with Gasteiger partial charge in [-0.1, -0.05) is 12.1 Å². The van der Waals surface area contributed by atoms with Crippen molar-refractivity contribution in [1.29, 1.82) is 0 Å². The predicted octanol–water partition coefficient (Wildman–Crippen LogP) is -0.195. The number of primary sulfonamides is 1.